The van der Waals surface area contributed by atoms with Gasteiger partial charge in [-0.05, 0) is 24.5 Å². The maximum Gasteiger partial charge on any atom is 0.230 e. The minimum absolute atomic E-state index is 0.159. The SMILES string of the molecule is O=C(CSc1cn(Cc2ccccc2)c2ccccc12)NC1CCCCC1. The number of nitrogens with zero attached hydrogens (tertiary/aromatic N) is 1. The predicted molar refractivity (Wildman–Crippen MR) is 113 cm³/mol. The zero-order valence-electron chi connectivity index (χ0n) is 15.6. The standard InChI is InChI=1S/C23H26N2OS/c26-23(24-19-11-5-2-6-12-19)17-27-22-16-25(15-18-9-3-1-4-10-18)21-14-8-7-13-20(21)22/h1,3-4,7-10,13-14,16,19H,2,5-6,11-12,15,17H2,(H,24,26). The molecular weight excluding hydrogens is 352 g/mol. The van der Waals surface area contributed by atoms with Crippen molar-refractivity contribution in [3.63, 3.8) is 0 Å². The molecule has 0 spiro atoms. The second-order valence-corrected chi connectivity index (χ2v) is 8.33. The molecule has 0 radical (unpaired) electrons. The Balaban J connectivity index is 1.46. The third-order valence-electron chi connectivity index (χ3n) is 5.28. The van der Waals surface area contributed by atoms with E-state index in [1.165, 1.54) is 40.6 Å². The molecule has 140 valence electrons. The van der Waals surface area contributed by atoms with Crippen LogP contribution in [0.3, 0.4) is 0 Å². The van der Waals surface area contributed by atoms with Gasteiger partial charge in [0.05, 0.1) is 5.75 Å². The molecule has 1 aromatic heterocycles. The molecule has 2 aromatic carbocycles. The summed E-state index contributed by atoms with van der Waals surface area (Å²) < 4.78 is 2.28. The molecule has 1 amide bonds. The number of para-hydroxylation sites is 1. The Morgan fingerprint density at radius 1 is 1.00 bits per heavy atom. The van der Waals surface area contributed by atoms with Gasteiger partial charge >= 0.3 is 0 Å². The van der Waals surface area contributed by atoms with Gasteiger partial charge in [0.15, 0.2) is 0 Å². The predicted octanol–water partition coefficient (Wildman–Crippen LogP) is 5.23. The van der Waals surface area contributed by atoms with Crippen molar-refractivity contribution in [1.82, 2.24) is 9.88 Å². The van der Waals surface area contributed by atoms with Crippen LogP contribution in [0.4, 0.5) is 0 Å². The second kappa shape index (κ2) is 8.66. The van der Waals surface area contributed by atoms with E-state index in [4.69, 9.17) is 0 Å². The molecule has 27 heavy (non-hydrogen) atoms. The molecule has 0 bridgehead atoms. The van der Waals surface area contributed by atoms with E-state index in [1.54, 1.807) is 11.8 Å². The van der Waals surface area contributed by atoms with Gasteiger partial charge in [-0.15, -0.1) is 11.8 Å². The van der Waals surface area contributed by atoms with Gasteiger partial charge in [0.25, 0.3) is 0 Å². The average molecular weight is 379 g/mol. The van der Waals surface area contributed by atoms with Gasteiger partial charge in [-0.3, -0.25) is 4.79 Å². The van der Waals surface area contributed by atoms with Crippen molar-refractivity contribution in [3.8, 4) is 0 Å². The topological polar surface area (TPSA) is 34.0 Å². The minimum atomic E-state index is 0.159. The van der Waals surface area contributed by atoms with Crippen molar-refractivity contribution in [3.05, 3.63) is 66.4 Å². The average Bonchev–Trinajstić information content (AvgIpc) is 3.06. The van der Waals surface area contributed by atoms with Crippen LogP contribution in [0.1, 0.15) is 37.7 Å². The molecule has 0 unspecified atom stereocenters. The van der Waals surface area contributed by atoms with Crippen LogP contribution in [-0.2, 0) is 11.3 Å². The fourth-order valence-electron chi connectivity index (χ4n) is 3.90. The smallest absolute Gasteiger partial charge is 0.230 e. The van der Waals surface area contributed by atoms with Crippen molar-refractivity contribution >= 4 is 28.6 Å². The van der Waals surface area contributed by atoms with E-state index < -0.39 is 0 Å². The zero-order valence-corrected chi connectivity index (χ0v) is 16.4. The number of carbonyl (C=O) groups excluding carboxylic acids is 1. The first-order valence-corrected chi connectivity index (χ1v) is 10.8. The van der Waals surface area contributed by atoms with E-state index in [0.29, 0.717) is 11.8 Å². The van der Waals surface area contributed by atoms with Gasteiger partial charge in [-0.1, -0.05) is 67.8 Å². The molecule has 4 heteroatoms. The van der Waals surface area contributed by atoms with E-state index in [0.717, 1.165) is 19.4 Å². The highest BCUT2D eigenvalue weighted by Gasteiger charge is 2.16. The molecule has 1 heterocycles. The normalized spacial score (nSPS) is 15.1. The van der Waals surface area contributed by atoms with Crippen molar-refractivity contribution in [2.75, 3.05) is 5.75 Å². The van der Waals surface area contributed by atoms with Gasteiger partial charge < -0.3 is 9.88 Å². The van der Waals surface area contributed by atoms with E-state index in [2.05, 4.69) is 64.6 Å². The van der Waals surface area contributed by atoms with Crippen LogP contribution in [0, 0.1) is 0 Å². The minimum Gasteiger partial charge on any atom is -0.353 e. The molecule has 0 saturated heterocycles. The van der Waals surface area contributed by atoms with Crippen molar-refractivity contribution < 1.29 is 4.79 Å². The summed E-state index contributed by atoms with van der Waals surface area (Å²) in [6.45, 7) is 0.843. The van der Waals surface area contributed by atoms with Gasteiger partial charge in [-0.2, -0.15) is 0 Å². The Labute approximate surface area is 165 Å². The molecule has 1 fully saturated rings. The number of thioether (sulfide) groups is 1. The lowest BCUT2D eigenvalue weighted by Gasteiger charge is -2.22. The first kappa shape index (κ1) is 18.2. The summed E-state index contributed by atoms with van der Waals surface area (Å²) in [5.41, 5.74) is 2.50. The summed E-state index contributed by atoms with van der Waals surface area (Å²) in [6.07, 6.45) is 8.24. The van der Waals surface area contributed by atoms with Crippen LogP contribution in [-0.4, -0.2) is 22.3 Å². The Hall–Kier alpha value is -2.20. The number of amides is 1. The second-order valence-electron chi connectivity index (χ2n) is 7.32. The maximum absolute atomic E-state index is 12.4. The summed E-state index contributed by atoms with van der Waals surface area (Å²) in [5, 5.41) is 4.44. The summed E-state index contributed by atoms with van der Waals surface area (Å²) in [7, 11) is 0. The Morgan fingerprint density at radius 3 is 2.56 bits per heavy atom. The van der Waals surface area contributed by atoms with Crippen molar-refractivity contribution in [2.45, 2.75) is 49.6 Å². The quantitative estimate of drug-likeness (QED) is 0.596. The van der Waals surface area contributed by atoms with Crippen LogP contribution in [0.2, 0.25) is 0 Å². The molecule has 1 aliphatic carbocycles. The third kappa shape index (κ3) is 4.56. The van der Waals surface area contributed by atoms with Gasteiger partial charge in [0.2, 0.25) is 5.91 Å². The maximum atomic E-state index is 12.4. The fourth-order valence-corrected chi connectivity index (χ4v) is 4.80. The van der Waals surface area contributed by atoms with E-state index in [9.17, 15) is 4.79 Å². The molecule has 1 saturated carbocycles. The number of hydrogen-bond donors (Lipinski definition) is 1. The van der Waals surface area contributed by atoms with Gasteiger partial charge in [0, 0.05) is 34.6 Å². The fraction of sp³-hybridized carbons (Fsp3) is 0.348. The summed E-state index contributed by atoms with van der Waals surface area (Å²) in [4.78, 5) is 13.6. The van der Waals surface area contributed by atoms with Crippen molar-refractivity contribution in [1.29, 1.82) is 0 Å². The summed E-state index contributed by atoms with van der Waals surface area (Å²) in [6, 6.07) is 19.3. The van der Waals surface area contributed by atoms with E-state index in [1.807, 2.05) is 6.07 Å². The Bertz CT molecular complexity index is 897. The monoisotopic (exact) mass is 378 g/mol. The first-order valence-electron chi connectivity index (χ1n) is 9.83. The molecule has 0 aliphatic heterocycles. The highest BCUT2D eigenvalue weighted by Crippen LogP contribution is 2.30. The van der Waals surface area contributed by atoms with E-state index >= 15 is 0 Å². The van der Waals surface area contributed by atoms with Gasteiger partial charge in [0.1, 0.15) is 0 Å². The van der Waals surface area contributed by atoms with Crippen LogP contribution < -0.4 is 5.32 Å². The lowest BCUT2D eigenvalue weighted by Crippen LogP contribution is -2.37. The number of fused-ring (bicyclic) bond motifs is 1. The first-order chi connectivity index (χ1) is 13.3. The Kier molecular flexibility index (Phi) is 5.83. The Morgan fingerprint density at radius 2 is 1.74 bits per heavy atom. The number of hydrogen-bond acceptors (Lipinski definition) is 2. The van der Waals surface area contributed by atoms with Crippen LogP contribution in [0.5, 0.6) is 0 Å². The molecule has 3 aromatic rings. The molecular formula is C23H26N2OS. The van der Waals surface area contributed by atoms with Crippen molar-refractivity contribution in [2.24, 2.45) is 0 Å². The largest absolute Gasteiger partial charge is 0.353 e. The number of nitrogens with one attached hydrogen (secondary N) is 1. The highest BCUT2D eigenvalue weighted by molar-refractivity contribution is 8.00. The van der Waals surface area contributed by atoms with E-state index in [-0.39, 0.29) is 5.91 Å². The molecule has 1 aliphatic rings. The number of carbonyl (C=O) groups is 1. The summed E-state index contributed by atoms with van der Waals surface area (Å²) >= 11 is 1.65. The van der Waals surface area contributed by atoms with Crippen LogP contribution in [0.15, 0.2) is 65.7 Å². The molecule has 1 N–H and O–H groups in total. The number of rotatable bonds is 6. The van der Waals surface area contributed by atoms with Crippen LogP contribution in [0.25, 0.3) is 10.9 Å². The molecule has 0 atom stereocenters. The third-order valence-corrected chi connectivity index (χ3v) is 6.32. The summed E-state index contributed by atoms with van der Waals surface area (Å²) in [5.74, 6) is 0.641. The molecule has 3 nitrogen and oxygen atoms in total. The number of benzene rings is 2. The number of aromatic nitrogens is 1. The lowest BCUT2D eigenvalue weighted by molar-refractivity contribution is -0.119. The van der Waals surface area contributed by atoms with Crippen LogP contribution >= 0.6 is 11.8 Å². The zero-order chi connectivity index (χ0) is 18.5. The lowest BCUT2D eigenvalue weighted by atomic mass is 9.95. The highest BCUT2D eigenvalue weighted by atomic mass is 32.2. The van der Waals surface area contributed by atoms with Gasteiger partial charge in [-0.25, -0.2) is 0 Å². The molecule has 4 rings (SSSR count).